The molecule has 0 amide bonds. The number of aromatic nitrogens is 2. The first-order valence-corrected chi connectivity index (χ1v) is 7.21. The summed E-state index contributed by atoms with van der Waals surface area (Å²) in [5, 5.41) is 4.61. The van der Waals surface area contributed by atoms with Crippen LogP contribution in [0.1, 0.15) is 40.5 Å². The standard InChI is InChI=1S/C16H19ClN2O/c1-4-7-19-16(14(17)10-18-19)15(20)9-13-8-11(2)5-6-12(13)3/h5-6,8,10H,4,7,9H2,1-3H3. The van der Waals surface area contributed by atoms with Gasteiger partial charge in [0.15, 0.2) is 5.78 Å². The predicted octanol–water partition coefficient (Wildman–Crippen LogP) is 3.99. The Morgan fingerprint density at radius 2 is 2.10 bits per heavy atom. The van der Waals surface area contributed by atoms with Gasteiger partial charge >= 0.3 is 0 Å². The van der Waals surface area contributed by atoms with E-state index in [-0.39, 0.29) is 5.78 Å². The maximum absolute atomic E-state index is 12.5. The van der Waals surface area contributed by atoms with Crippen molar-refractivity contribution in [2.75, 3.05) is 0 Å². The molecule has 0 N–H and O–H groups in total. The summed E-state index contributed by atoms with van der Waals surface area (Å²) in [4.78, 5) is 12.5. The molecular formula is C16H19ClN2O. The van der Waals surface area contributed by atoms with Crippen LogP contribution in [0.4, 0.5) is 0 Å². The van der Waals surface area contributed by atoms with Crippen LogP contribution in [0.5, 0.6) is 0 Å². The molecule has 2 rings (SSSR count). The molecule has 0 saturated heterocycles. The largest absolute Gasteiger partial charge is 0.292 e. The Labute approximate surface area is 124 Å². The van der Waals surface area contributed by atoms with Crippen LogP contribution in [0, 0.1) is 13.8 Å². The van der Waals surface area contributed by atoms with Gasteiger partial charge in [-0.1, -0.05) is 42.3 Å². The van der Waals surface area contributed by atoms with Gasteiger partial charge in [-0.3, -0.25) is 9.48 Å². The zero-order valence-electron chi connectivity index (χ0n) is 12.1. The van der Waals surface area contributed by atoms with Crippen LogP contribution in [0.15, 0.2) is 24.4 Å². The molecule has 0 spiro atoms. The first-order chi connectivity index (χ1) is 9.52. The minimum atomic E-state index is 0.0228. The van der Waals surface area contributed by atoms with Gasteiger partial charge in [0.05, 0.1) is 11.2 Å². The maximum Gasteiger partial charge on any atom is 0.186 e. The molecule has 0 saturated carbocycles. The maximum atomic E-state index is 12.5. The highest BCUT2D eigenvalue weighted by Crippen LogP contribution is 2.20. The zero-order chi connectivity index (χ0) is 14.7. The Bertz CT molecular complexity index is 631. The van der Waals surface area contributed by atoms with Gasteiger partial charge in [0, 0.05) is 13.0 Å². The van der Waals surface area contributed by atoms with Gasteiger partial charge in [0.1, 0.15) is 5.69 Å². The third kappa shape index (κ3) is 3.10. The van der Waals surface area contributed by atoms with E-state index in [0.717, 1.165) is 23.1 Å². The van der Waals surface area contributed by atoms with Crippen molar-refractivity contribution in [3.8, 4) is 0 Å². The number of Topliss-reactive ketones (excluding diaryl/α,β-unsaturated/α-hetero) is 1. The Kier molecular flexibility index (Phi) is 4.61. The van der Waals surface area contributed by atoms with E-state index in [2.05, 4.69) is 24.2 Å². The Morgan fingerprint density at radius 3 is 2.80 bits per heavy atom. The molecule has 0 bridgehead atoms. The quantitative estimate of drug-likeness (QED) is 0.781. The number of hydrogen-bond donors (Lipinski definition) is 0. The number of benzene rings is 1. The van der Waals surface area contributed by atoms with Crippen molar-refractivity contribution in [3.63, 3.8) is 0 Å². The summed E-state index contributed by atoms with van der Waals surface area (Å²) in [6.07, 6.45) is 2.83. The number of aryl methyl sites for hydroxylation is 3. The number of carbonyl (C=O) groups is 1. The summed E-state index contributed by atoms with van der Waals surface area (Å²) in [6, 6.07) is 6.15. The lowest BCUT2D eigenvalue weighted by atomic mass is 10.00. The van der Waals surface area contributed by atoms with Gasteiger partial charge in [-0.25, -0.2) is 0 Å². The van der Waals surface area contributed by atoms with Crippen molar-refractivity contribution in [3.05, 3.63) is 51.8 Å². The van der Waals surface area contributed by atoms with Gasteiger partial charge < -0.3 is 0 Å². The number of ketones is 1. The molecule has 20 heavy (non-hydrogen) atoms. The molecule has 0 aliphatic heterocycles. The lowest BCUT2D eigenvalue weighted by Gasteiger charge is -2.09. The molecule has 2 aromatic rings. The molecule has 0 fully saturated rings. The lowest BCUT2D eigenvalue weighted by molar-refractivity contribution is 0.0982. The van der Waals surface area contributed by atoms with Crippen LogP contribution in [0.3, 0.4) is 0 Å². The summed E-state index contributed by atoms with van der Waals surface area (Å²) in [5.41, 5.74) is 3.86. The average Bonchev–Trinajstić information content (AvgIpc) is 2.75. The Balaban J connectivity index is 2.28. The summed E-state index contributed by atoms with van der Waals surface area (Å²) < 4.78 is 1.70. The molecule has 0 aliphatic carbocycles. The number of carbonyl (C=O) groups excluding carboxylic acids is 1. The molecule has 3 nitrogen and oxygen atoms in total. The molecule has 0 unspecified atom stereocenters. The second-order valence-corrected chi connectivity index (χ2v) is 5.50. The highest BCUT2D eigenvalue weighted by atomic mass is 35.5. The summed E-state index contributed by atoms with van der Waals surface area (Å²) >= 11 is 6.11. The monoisotopic (exact) mass is 290 g/mol. The molecule has 1 aromatic carbocycles. The van der Waals surface area contributed by atoms with Crippen LogP contribution < -0.4 is 0 Å². The topological polar surface area (TPSA) is 34.9 Å². The Hall–Kier alpha value is -1.61. The molecule has 0 atom stereocenters. The molecular weight excluding hydrogens is 272 g/mol. The fraction of sp³-hybridized carbons (Fsp3) is 0.375. The number of hydrogen-bond acceptors (Lipinski definition) is 2. The number of nitrogens with zero attached hydrogens (tertiary/aromatic N) is 2. The summed E-state index contributed by atoms with van der Waals surface area (Å²) in [5.74, 6) is 0.0228. The predicted molar refractivity (Wildman–Crippen MR) is 81.5 cm³/mol. The molecule has 1 heterocycles. The molecule has 0 aliphatic rings. The minimum absolute atomic E-state index is 0.0228. The van der Waals surface area contributed by atoms with E-state index in [4.69, 9.17) is 11.6 Å². The van der Waals surface area contributed by atoms with Gasteiger partial charge in [0.25, 0.3) is 0 Å². The van der Waals surface area contributed by atoms with E-state index in [0.29, 0.717) is 23.7 Å². The number of halogens is 1. The molecule has 106 valence electrons. The SMILES string of the molecule is CCCn1ncc(Cl)c1C(=O)Cc1cc(C)ccc1C. The highest BCUT2D eigenvalue weighted by Gasteiger charge is 2.18. The first kappa shape index (κ1) is 14.8. The third-order valence-corrected chi connectivity index (χ3v) is 3.63. The summed E-state index contributed by atoms with van der Waals surface area (Å²) in [7, 11) is 0. The van der Waals surface area contributed by atoms with Gasteiger partial charge in [0.2, 0.25) is 0 Å². The van der Waals surface area contributed by atoms with Crippen LogP contribution in [-0.2, 0) is 13.0 Å². The van der Waals surface area contributed by atoms with Crippen LogP contribution in [0.25, 0.3) is 0 Å². The highest BCUT2D eigenvalue weighted by molar-refractivity contribution is 6.33. The average molecular weight is 291 g/mol. The smallest absolute Gasteiger partial charge is 0.186 e. The van der Waals surface area contributed by atoms with E-state index in [1.807, 2.05) is 19.9 Å². The fourth-order valence-corrected chi connectivity index (χ4v) is 2.52. The number of rotatable bonds is 5. The summed E-state index contributed by atoms with van der Waals surface area (Å²) in [6.45, 7) is 6.81. The van der Waals surface area contributed by atoms with Crippen molar-refractivity contribution in [1.82, 2.24) is 9.78 Å². The van der Waals surface area contributed by atoms with Crippen LogP contribution in [-0.4, -0.2) is 15.6 Å². The van der Waals surface area contributed by atoms with Crippen molar-refractivity contribution in [2.45, 2.75) is 40.2 Å². The van der Waals surface area contributed by atoms with Crippen molar-refractivity contribution in [2.24, 2.45) is 0 Å². The van der Waals surface area contributed by atoms with Gasteiger partial charge in [-0.15, -0.1) is 0 Å². The molecule has 4 heteroatoms. The van der Waals surface area contributed by atoms with Crippen molar-refractivity contribution in [1.29, 1.82) is 0 Å². The van der Waals surface area contributed by atoms with E-state index >= 15 is 0 Å². The van der Waals surface area contributed by atoms with Crippen LogP contribution >= 0.6 is 11.6 Å². The van der Waals surface area contributed by atoms with Crippen molar-refractivity contribution >= 4 is 17.4 Å². The third-order valence-electron chi connectivity index (χ3n) is 3.35. The lowest BCUT2D eigenvalue weighted by Crippen LogP contribution is -2.13. The van der Waals surface area contributed by atoms with E-state index < -0.39 is 0 Å². The van der Waals surface area contributed by atoms with E-state index in [1.54, 1.807) is 10.9 Å². The normalized spacial score (nSPS) is 10.8. The first-order valence-electron chi connectivity index (χ1n) is 6.83. The second kappa shape index (κ2) is 6.23. The van der Waals surface area contributed by atoms with E-state index in [9.17, 15) is 4.79 Å². The molecule has 1 aromatic heterocycles. The second-order valence-electron chi connectivity index (χ2n) is 5.09. The zero-order valence-corrected chi connectivity index (χ0v) is 12.9. The van der Waals surface area contributed by atoms with Crippen molar-refractivity contribution < 1.29 is 4.79 Å². The van der Waals surface area contributed by atoms with Gasteiger partial charge in [-0.05, 0) is 31.4 Å². The minimum Gasteiger partial charge on any atom is -0.292 e. The fourth-order valence-electron chi connectivity index (χ4n) is 2.27. The van der Waals surface area contributed by atoms with Gasteiger partial charge in [-0.2, -0.15) is 5.10 Å². The van der Waals surface area contributed by atoms with Crippen LogP contribution in [0.2, 0.25) is 5.02 Å². The Morgan fingerprint density at radius 1 is 1.35 bits per heavy atom. The molecule has 0 radical (unpaired) electrons. The van der Waals surface area contributed by atoms with E-state index in [1.165, 1.54) is 0 Å².